The predicted molar refractivity (Wildman–Crippen MR) is 59.2 cm³/mol. The summed E-state index contributed by atoms with van der Waals surface area (Å²) in [6.45, 7) is 0. The standard InChI is InChI=1S/C10H13N3O3/c1-12-8(14)7(5-11-6-3-4-6)9(15)13(2)10(12)16/h5-6,14H,3-4H2,1-2H3. The van der Waals surface area contributed by atoms with Crippen molar-refractivity contribution in [1.29, 1.82) is 0 Å². The second kappa shape index (κ2) is 3.62. The van der Waals surface area contributed by atoms with Gasteiger partial charge in [-0.3, -0.25) is 18.9 Å². The van der Waals surface area contributed by atoms with Gasteiger partial charge in [0.15, 0.2) is 0 Å². The molecule has 0 aromatic carbocycles. The summed E-state index contributed by atoms with van der Waals surface area (Å²) in [7, 11) is 2.78. The number of aliphatic imine (C=N–C) groups is 1. The number of aromatic nitrogens is 2. The molecule has 0 saturated heterocycles. The Kier molecular flexibility index (Phi) is 2.41. The quantitative estimate of drug-likeness (QED) is 0.678. The molecule has 6 nitrogen and oxygen atoms in total. The van der Waals surface area contributed by atoms with Crippen molar-refractivity contribution >= 4 is 6.21 Å². The molecule has 2 rings (SSSR count). The maximum atomic E-state index is 11.7. The fraction of sp³-hybridized carbons (Fsp3) is 0.500. The molecule has 0 unspecified atom stereocenters. The molecule has 1 aliphatic rings. The van der Waals surface area contributed by atoms with Gasteiger partial charge in [0.2, 0.25) is 5.88 Å². The van der Waals surface area contributed by atoms with E-state index in [1.165, 1.54) is 20.3 Å². The highest BCUT2D eigenvalue weighted by molar-refractivity contribution is 5.82. The van der Waals surface area contributed by atoms with Crippen molar-refractivity contribution in [2.24, 2.45) is 19.1 Å². The molecule has 0 radical (unpaired) electrons. The van der Waals surface area contributed by atoms with Crippen LogP contribution in [0.15, 0.2) is 14.6 Å². The molecule has 0 aliphatic heterocycles. The van der Waals surface area contributed by atoms with Crippen LogP contribution >= 0.6 is 0 Å². The molecule has 86 valence electrons. The first-order valence-electron chi connectivity index (χ1n) is 5.04. The molecular formula is C10H13N3O3. The Balaban J connectivity index is 2.59. The van der Waals surface area contributed by atoms with Crippen LogP contribution in [0.2, 0.25) is 0 Å². The van der Waals surface area contributed by atoms with Crippen molar-refractivity contribution in [1.82, 2.24) is 9.13 Å². The van der Waals surface area contributed by atoms with E-state index in [0.717, 1.165) is 22.0 Å². The van der Waals surface area contributed by atoms with E-state index in [9.17, 15) is 14.7 Å². The minimum Gasteiger partial charge on any atom is -0.494 e. The van der Waals surface area contributed by atoms with E-state index < -0.39 is 11.2 Å². The van der Waals surface area contributed by atoms with E-state index in [4.69, 9.17) is 0 Å². The summed E-state index contributed by atoms with van der Waals surface area (Å²) in [5.74, 6) is -0.336. The molecule has 1 aromatic rings. The lowest BCUT2D eigenvalue weighted by Crippen LogP contribution is -2.38. The third kappa shape index (κ3) is 1.66. The molecule has 0 amide bonds. The zero-order valence-electron chi connectivity index (χ0n) is 9.17. The van der Waals surface area contributed by atoms with Gasteiger partial charge < -0.3 is 5.11 Å². The van der Waals surface area contributed by atoms with Gasteiger partial charge in [0.25, 0.3) is 5.56 Å². The topological polar surface area (TPSA) is 76.6 Å². The summed E-state index contributed by atoms with van der Waals surface area (Å²) in [6.07, 6.45) is 3.39. The lowest BCUT2D eigenvalue weighted by molar-refractivity contribution is 0.410. The smallest absolute Gasteiger partial charge is 0.333 e. The normalized spacial score (nSPS) is 15.9. The summed E-state index contributed by atoms with van der Waals surface area (Å²) in [5.41, 5.74) is -1.01. The predicted octanol–water partition coefficient (Wildman–Crippen LogP) is -0.629. The Morgan fingerprint density at radius 3 is 2.50 bits per heavy atom. The van der Waals surface area contributed by atoms with E-state index >= 15 is 0 Å². The van der Waals surface area contributed by atoms with Gasteiger partial charge in [0.1, 0.15) is 5.56 Å². The SMILES string of the molecule is Cn1c(O)c(C=NC2CC2)c(=O)n(C)c1=O. The minimum atomic E-state index is -0.550. The van der Waals surface area contributed by atoms with Crippen molar-refractivity contribution in [2.75, 3.05) is 0 Å². The Bertz CT molecular complexity index is 564. The number of rotatable bonds is 2. The van der Waals surface area contributed by atoms with Crippen molar-refractivity contribution in [2.45, 2.75) is 18.9 Å². The van der Waals surface area contributed by atoms with Crippen LogP contribution in [-0.4, -0.2) is 26.5 Å². The third-order valence-corrected chi connectivity index (χ3v) is 2.63. The van der Waals surface area contributed by atoms with Crippen molar-refractivity contribution in [3.05, 3.63) is 26.4 Å². The van der Waals surface area contributed by atoms with Gasteiger partial charge in [-0.15, -0.1) is 0 Å². The van der Waals surface area contributed by atoms with Crippen LogP contribution in [-0.2, 0) is 14.1 Å². The van der Waals surface area contributed by atoms with Gasteiger partial charge in [0, 0.05) is 20.3 Å². The van der Waals surface area contributed by atoms with Crippen LogP contribution in [0, 0.1) is 0 Å². The van der Waals surface area contributed by atoms with Crippen molar-refractivity contribution in [3.63, 3.8) is 0 Å². The van der Waals surface area contributed by atoms with Gasteiger partial charge >= 0.3 is 5.69 Å². The highest BCUT2D eigenvalue weighted by Crippen LogP contribution is 2.23. The van der Waals surface area contributed by atoms with E-state index in [1.807, 2.05) is 0 Å². The molecule has 0 spiro atoms. The average molecular weight is 223 g/mol. The maximum Gasteiger partial charge on any atom is 0.333 e. The summed E-state index contributed by atoms with van der Waals surface area (Å²) in [6, 6.07) is 0.265. The Hall–Kier alpha value is -1.85. The molecule has 0 bridgehead atoms. The summed E-state index contributed by atoms with van der Waals surface area (Å²) in [5, 5.41) is 9.68. The minimum absolute atomic E-state index is 0.0662. The average Bonchev–Trinajstić information content (AvgIpc) is 3.07. The molecule has 1 heterocycles. The molecule has 1 saturated carbocycles. The molecular weight excluding hydrogens is 210 g/mol. The molecule has 16 heavy (non-hydrogen) atoms. The van der Waals surface area contributed by atoms with Crippen LogP contribution < -0.4 is 11.2 Å². The lowest BCUT2D eigenvalue weighted by Gasteiger charge is -2.06. The van der Waals surface area contributed by atoms with Crippen LogP contribution in [0.4, 0.5) is 0 Å². The zero-order valence-corrected chi connectivity index (χ0v) is 9.17. The van der Waals surface area contributed by atoms with E-state index in [-0.39, 0.29) is 17.5 Å². The summed E-state index contributed by atoms with van der Waals surface area (Å²) in [4.78, 5) is 27.3. The van der Waals surface area contributed by atoms with Crippen molar-refractivity contribution in [3.8, 4) is 5.88 Å². The molecule has 1 aliphatic carbocycles. The molecule has 1 fully saturated rings. The number of aromatic hydroxyl groups is 1. The summed E-state index contributed by atoms with van der Waals surface area (Å²) < 4.78 is 1.98. The first-order valence-corrected chi connectivity index (χ1v) is 5.04. The van der Waals surface area contributed by atoms with Gasteiger partial charge in [-0.25, -0.2) is 4.79 Å². The van der Waals surface area contributed by atoms with Gasteiger partial charge in [-0.1, -0.05) is 0 Å². The van der Waals surface area contributed by atoms with Crippen LogP contribution in [0.5, 0.6) is 5.88 Å². The molecule has 6 heteroatoms. The largest absolute Gasteiger partial charge is 0.494 e. The number of hydrogen-bond acceptors (Lipinski definition) is 4. The van der Waals surface area contributed by atoms with E-state index in [2.05, 4.69) is 4.99 Å². The van der Waals surface area contributed by atoms with Gasteiger partial charge in [0.05, 0.1) is 6.04 Å². The summed E-state index contributed by atoms with van der Waals surface area (Å²) >= 11 is 0. The lowest BCUT2D eigenvalue weighted by atomic mass is 10.3. The fourth-order valence-electron chi connectivity index (χ4n) is 1.38. The van der Waals surface area contributed by atoms with Crippen molar-refractivity contribution < 1.29 is 5.11 Å². The molecule has 1 N–H and O–H groups in total. The second-order valence-electron chi connectivity index (χ2n) is 3.95. The highest BCUT2D eigenvalue weighted by Gasteiger charge is 2.20. The second-order valence-corrected chi connectivity index (χ2v) is 3.95. The first-order chi connectivity index (χ1) is 7.52. The number of hydrogen-bond donors (Lipinski definition) is 1. The Labute approximate surface area is 91.5 Å². The molecule has 1 aromatic heterocycles. The highest BCUT2D eigenvalue weighted by atomic mass is 16.3. The van der Waals surface area contributed by atoms with Gasteiger partial charge in [-0.2, -0.15) is 0 Å². The van der Waals surface area contributed by atoms with E-state index in [0.29, 0.717) is 0 Å². The molecule has 0 atom stereocenters. The van der Waals surface area contributed by atoms with E-state index in [1.54, 1.807) is 0 Å². The van der Waals surface area contributed by atoms with Crippen LogP contribution in [0.3, 0.4) is 0 Å². The Morgan fingerprint density at radius 1 is 1.31 bits per heavy atom. The zero-order chi connectivity index (χ0) is 11.9. The first kappa shape index (κ1) is 10.7. The monoisotopic (exact) mass is 223 g/mol. The third-order valence-electron chi connectivity index (χ3n) is 2.63. The van der Waals surface area contributed by atoms with Crippen LogP contribution in [0.25, 0.3) is 0 Å². The van der Waals surface area contributed by atoms with Crippen LogP contribution in [0.1, 0.15) is 18.4 Å². The van der Waals surface area contributed by atoms with Gasteiger partial charge in [-0.05, 0) is 12.8 Å². The maximum absolute atomic E-state index is 11.7. The number of nitrogens with zero attached hydrogens (tertiary/aromatic N) is 3. The fourth-order valence-corrected chi connectivity index (χ4v) is 1.38. The Morgan fingerprint density at radius 2 is 1.94 bits per heavy atom.